The maximum atomic E-state index is 6.91. The van der Waals surface area contributed by atoms with Crippen LogP contribution in [0.2, 0.25) is 0 Å². The minimum absolute atomic E-state index is 0.143. The van der Waals surface area contributed by atoms with Crippen LogP contribution in [0.5, 0.6) is 11.5 Å². The van der Waals surface area contributed by atoms with Gasteiger partial charge in [-0.25, -0.2) is 4.57 Å². The minimum atomic E-state index is 0.143. The van der Waals surface area contributed by atoms with Crippen LogP contribution in [0.4, 0.5) is 0 Å². The Morgan fingerprint density at radius 1 is 0.848 bits per heavy atom. The third-order valence-corrected chi connectivity index (χ3v) is 7.04. The number of pyridine rings is 1. The molecule has 0 spiro atoms. The van der Waals surface area contributed by atoms with Gasteiger partial charge < -0.3 is 4.74 Å². The second kappa shape index (κ2) is 6.81. The lowest BCUT2D eigenvalue weighted by Crippen LogP contribution is -2.32. The summed E-state index contributed by atoms with van der Waals surface area (Å²) in [4.78, 5) is 0. The number of aromatic nitrogens is 1. The number of hydrogen-bond acceptors (Lipinski definition) is 1. The van der Waals surface area contributed by atoms with E-state index in [9.17, 15) is 0 Å². The summed E-state index contributed by atoms with van der Waals surface area (Å²) in [5, 5.41) is 7.60. The van der Waals surface area contributed by atoms with E-state index in [0.29, 0.717) is 0 Å². The summed E-state index contributed by atoms with van der Waals surface area (Å²) < 4.78 is 9.18. The highest BCUT2D eigenvalue weighted by Crippen LogP contribution is 2.52. The molecule has 164 valence electrons. The molecule has 0 aliphatic carbocycles. The van der Waals surface area contributed by atoms with Crippen LogP contribution >= 0.6 is 0 Å². The first-order valence-electron chi connectivity index (χ1n) is 11.8. The van der Waals surface area contributed by atoms with Crippen molar-refractivity contribution in [2.75, 3.05) is 0 Å². The van der Waals surface area contributed by atoms with Crippen LogP contribution < -0.4 is 9.30 Å². The molecule has 0 unspecified atom stereocenters. The van der Waals surface area contributed by atoms with Gasteiger partial charge in [0.1, 0.15) is 18.5 Å². The molecule has 0 saturated heterocycles. The molecule has 2 heteroatoms. The highest BCUT2D eigenvalue weighted by Gasteiger charge is 2.34. The number of fused-ring (bicyclic) bond motifs is 5. The molecular weight excluding hydrogens is 402 g/mol. The Morgan fingerprint density at radius 3 is 2.36 bits per heavy atom. The van der Waals surface area contributed by atoms with Gasteiger partial charge in [-0.2, -0.15) is 0 Å². The summed E-state index contributed by atoms with van der Waals surface area (Å²) in [7, 11) is 2.16. The van der Waals surface area contributed by atoms with E-state index < -0.39 is 0 Å². The lowest BCUT2D eigenvalue weighted by Gasteiger charge is -2.28. The minimum Gasteiger partial charge on any atom is -0.455 e. The van der Waals surface area contributed by atoms with Crippen LogP contribution in [0.1, 0.15) is 37.5 Å². The van der Waals surface area contributed by atoms with E-state index in [1.54, 1.807) is 0 Å². The van der Waals surface area contributed by atoms with Crippen LogP contribution in [0.15, 0.2) is 60.8 Å². The molecule has 0 amide bonds. The highest BCUT2D eigenvalue weighted by atomic mass is 16.5. The molecule has 2 heterocycles. The van der Waals surface area contributed by atoms with Crippen LogP contribution in [0.25, 0.3) is 43.6 Å². The first-order chi connectivity index (χ1) is 15.7. The Kier molecular flexibility index (Phi) is 4.17. The monoisotopic (exact) mass is 432 g/mol. The summed E-state index contributed by atoms with van der Waals surface area (Å²) in [6, 6.07) is 20.0. The lowest BCUT2D eigenvalue weighted by molar-refractivity contribution is -0.659. The predicted octanol–water partition coefficient (Wildman–Crippen LogP) is 7.95. The lowest BCUT2D eigenvalue weighted by atomic mass is 9.81. The molecule has 33 heavy (non-hydrogen) atoms. The van der Waals surface area contributed by atoms with Gasteiger partial charge in [-0.3, -0.25) is 0 Å². The normalized spacial score (nSPS) is 12.9. The Labute approximate surface area is 195 Å². The van der Waals surface area contributed by atoms with Gasteiger partial charge in [0.2, 0.25) is 5.69 Å². The van der Waals surface area contributed by atoms with E-state index >= 15 is 0 Å². The second-order valence-electron chi connectivity index (χ2n) is 10.9. The zero-order chi connectivity index (χ0) is 23.1. The highest BCUT2D eigenvalue weighted by molar-refractivity contribution is 6.16. The van der Waals surface area contributed by atoms with E-state index in [2.05, 4.69) is 107 Å². The molecule has 0 fully saturated rings. The molecular formula is C31H30NO+. The first-order valence-corrected chi connectivity index (χ1v) is 11.8. The third kappa shape index (κ3) is 2.97. The quantitative estimate of drug-likeness (QED) is 0.190. The summed E-state index contributed by atoms with van der Waals surface area (Å²) in [6.45, 7) is 11.3. The van der Waals surface area contributed by atoms with E-state index in [-0.39, 0.29) is 5.41 Å². The molecule has 6 rings (SSSR count). The Bertz CT molecular complexity index is 1620. The molecule has 1 aromatic heterocycles. The number of aryl methyl sites for hydroxylation is 3. The SMILES string of the molecule is Cc1ccc2c(c1)cc1c3c([n+](C)ccc32)-c2c(c(CC(C)(C)C)c3ccccc3c2C)O1. The predicted molar refractivity (Wildman–Crippen MR) is 138 cm³/mol. The fourth-order valence-corrected chi connectivity index (χ4v) is 5.63. The molecule has 0 N–H and O–H groups in total. The average Bonchev–Trinajstić information content (AvgIpc) is 2.77. The van der Waals surface area contributed by atoms with E-state index in [1.165, 1.54) is 60.3 Å². The molecule has 0 saturated carbocycles. The van der Waals surface area contributed by atoms with Gasteiger partial charge in [0.25, 0.3) is 0 Å². The number of benzene rings is 4. The first kappa shape index (κ1) is 20.2. The number of rotatable bonds is 1. The van der Waals surface area contributed by atoms with Crippen LogP contribution in [0, 0.1) is 19.3 Å². The third-order valence-electron chi connectivity index (χ3n) is 7.04. The smallest absolute Gasteiger partial charge is 0.228 e. The molecule has 4 aromatic carbocycles. The Morgan fingerprint density at radius 2 is 1.61 bits per heavy atom. The number of ether oxygens (including phenoxy) is 1. The van der Waals surface area contributed by atoms with Crippen LogP contribution in [0.3, 0.4) is 0 Å². The largest absolute Gasteiger partial charge is 0.455 e. The average molecular weight is 433 g/mol. The Balaban J connectivity index is 1.82. The van der Waals surface area contributed by atoms with Gasteiger partial charge in [-0.15, -0.1) is 0 Å². The summed E-state index contributed by atoms with van der Waals surface area (Å²) in [6.07, 6.45) is 3.16. The summed E-state index contributed by atoms with van der Waals surface area (Å²) in [5.41, 5.74) is 6.50. The van der Waals surface area contributed by atoms with Gasteiger partial charge in [-0.05, 0) is 58.9 Å². The summed E-state index contributed by atoms with van der Waals surface area (Å²) in [5.74, 6) is 2.00. The van der Waals surface area contributed by atoms with E-state index in [0.717, 1.165) is 17.9 Å². The summed E-state index contributed by atoms with van der Waals surface area (Å²) >= 11 is 0. The molecule has 1 aliphatic rings. The fraction of sp³-hybridized carbons (Fsp3) is 0.258. The van der Waals surface area contributed by atoms with Gasteiger partial charge in [-0.1, -0.05) is 68.8 Å². The maximum absolute atomic E-state index is 6.91. The molecule has 2 nitrogen and oxygen atoms in total. The van der Waals surface area contributed by atoms with Crippen LogP contribution in [-0.4, -0.2) is 0 Å². The number of nitrogens with zero attached hydrogens (tertiary/aromatic N) is 1. The molecule has 0 bridgehead atoms. The fourth-order valence-electron chi connectivity index (χ4n) is 5.63. The maximum Gasteiger partial charge on any atom is 0.228 e. The van der Waals surface area contributed by atoms with Crippen molar-refractivity contribution in [3.8, 4) is 22.8 Å². The van der Waals surface area contributed by atoms with Crippen LogP contribution in [-0.2, 0) is 13.5 Å². The van der Waals surface area contributed by atoms with Crippen molar-refractivity contribution in [2.24, 2.45) is 12.5 Å². The molecule has 5 aromatic rings. The number of hydrogen-bond donors (Lipinski definition) is 0. The topological polar surface area (TPSA) is 13.1 Å². The van der Waals surface area contributed by atoms with Crippen molar-refractivity contribution >= 4 is 32.3 Å². The Hall–Kier alpha value is -3.39. The van der Waals surface area contributed by atoms with Crippen molar-refractivity contribution in [3.63, 3.8) is 0 Å². The second-order valence-corrected chi connectivity index (χ2v) is 10.9. The van der Waals surface area contributed by atoms with Crippen molar-refractivity contribution in [1.82, 2.24) is 0 Å². The molecule has 0 atom stereocenters. The van der Waals surface area contributed by atoms with Gasteiger partial charge in [0.15, 0.2) is 6.20 Å². The van der Waals surface area contributed by atoms with E-state index in [1.807, 2.05) is 0 Å². The van der Waals surface area contributed by atoms with Gasteiger partial charge in [0, 0.05) is 17.0 Å². The molecule has 1 aliphatic heterocycles. The van der Waals surface area contributed by atoms with E-state index in [4.69, 9.17) is 4.74 Å². The van der Waals surface area contributed by atoms with Crippen molar-refractivity contribution in [2.45, 2.75) is 41.0 Å². The van der Waals surface area contributed by atoms with Crippen molar-refractivity contribution in [3.05, 3.63) is 77.5 Å². The zero-order valence-corrected chi connectivity index (χ0v) is 20.3. The van der Waals surface area contributed by atoms with Crippen molar-refractivity contribution in [1.29, 1.82) is 0 Å². The molecule has 0 radical (unpaired) electrons. The van der Waals surface area contributed by atoms with Gasteiger partial charge >= 0.3 is 0 Å². The van der Waals surface area contributed by atoms with Crippen molar-refractivity contribution < 1.29 is 9.30 Å². The zero-order valence-electron chi connectivity index (χ0n) is 20.3. The van der Waals surface area contributed by atoms with Gasteiger partial charge in [0.05, 0.1) is 10.9 Å². The standard InChI is InChI=1S/C31H30NO/c1-18-11-12-22-20(15-18)16-26-28-24(22)13-14-32(6)29(28)27-19(2)21-9-7-8-10-23(21)25(30(27)33-26)17-31(3,4)5/h7-16H,17H2,1-6H3/q+1.